The molecule has 0 aliphatic heterocycles. The van der Waals surface area contributed by atoms with Gasteiger partial charge in [-0.05, 0) is 0 Å². The zero-order valence-corrected chi connectivity index (χ0v) is 8.89. The van der Waals surface area contributed by atoms with Crippen LogP contribution in [0.1, 0.15) is 0 Å². The van der Waals surface area contributed by atoms with E-state index in [2.05, 4.69) is 0 Å². The van der Waals surface area contributed by atoms with Crippen molar-refractivity contribution < 1.29 is 59.2 Å². The first-order valence-electron chi connectivity index (χ1n) is 2.54. The van der Waals surface area contributed by atoms with Crippen LogP contribution in [-0.4, -0.2) is 27.9 Å². The number of halogens is 7. The summed E-state index contributed by atoms with van der Waals surface area (Å²) in [6.45, 7) is 0. The second kappa shape index (κ2) is 4.54. The van der Waals surface area contributed by atoms with Gasteiger partial charge in [-0.1, -0.05) is 0 Å². The highest BCUT2D eigenvalue weighted by Gasteiger charge is 2.57. The van der Waals surface area contributed by atoms with Gasteiger partial charge in [0.1, 0.15) is 0 Å². The molecule has 0 amide bonds. The van der Waals surface area contributed by atoms with Gasteiger partial charge in [-0.15, -0.1) is 3.63 Å². The zero-order chi connectivity index (χ0) is 12.7. The molecule has 0 bridgehead atoms. The second-order valence-corrected chi connectivity index (χ2v) is 5.15. The maximum Gasteiger partial charge on any atom is 0.524 e. The molecule has 0 aromatic carbocycles. The van der Waals surface area contributed by atoms with Crippen LogP contribution in [0.2, 0.25) is 0 Å². The fraction of sp³-hybridized carbons (Fsp3) is 1.00. The first kappa shape index (κ1) is 18.1. The van der Waals surface area contributed by atoms with Crippen LogP contribution in [0.15, 0.2) is 0 Å². The Balaban J connectivity index is 0. The lowest BCUT2D eigenvalue weighted by Crippen LogP contribution is -3.00. The molecular weight excluding hydrogens is 318 g/mol. The number of rotatable bonds is 2. The van der Waals surface area contributed by atoms with Crippen LogP contribution < -0.4 is 12.4 Å². The highest BCUT2D eigenvalue weighted by Crippen LogP contribution is 2.31. The Hall–Kier alpha value is -0.270. The molecule has 0 fully saturated rings. The van der Waals surface area contributed by atoms with Crippen LogP contribution in [0.25, 0.3) is 0 Å². The molecular formula is C2ClF6O5S2-. The lowest BCUT2D eigenvalue weighted by molar-refractivity contribution is -0.0585. The molecule has 0 aromatic rings. The van der Waals surface area contributed by atoms with E-state index in [4.69, 9.17) is 0 Å². The second-order valence-electron chi connectivity index (χ2n) is 1.87. The maximum absolute atomic E-state index is 11.4. The summed E-state index contributed by atoms with van der Waals surface area (Å²) in [7, 11) is -13.7. The fourth-order valence-corrected chi connectivity index (χ4v) is 1.76. The molecule has 0 aliphatic carbocycles. The SMILES string of the molecule is O=S(=O)(OS(=O)(=O)C(F)(F)F)C(F)(F)F.[Cl-]. The van der Waals surface area contributed by atoms with Gasteiger partial charge >= 0.3 is 31.3 Å². The Morgan fingerprint density at radius 2 is 0.875 bits per heavy atom. The van der Waals surface area contributed by atoms with Gasteiger partial charge in [-0.2, -0.15) is 43.2 Å². The Morgan fingerprint density at radius 1 is 0.688 bits per heavy atom. The maximum atomic E-state index is 11.4. The van der Waals surface area contributed by atoms with Crippen molar-refractivity contribution in [1.82, 2.24) is 0 Å². The van der Waals surface area contributed by atoms with Crippen molar-refractivity contribution in [3.8, 4) is 0 Å². The fourth-order valence-electron chi connectivity index (χ4n) is 0.195. The smallest absolute Gasteiger partial charge is 0.524 e. The van der Waals surface area contributed by atoms with E-state index in [1.165, 1.54) is 0 Å². The minimum Gasteiger partial charge on any atom is -1.00 e. The monoisotopic (exact) mass is 317 g/mol. The molecule has 100 valence electrons. The third-order valence-corrected chi connectivity index (χ3v) is 3.31. The summed E-state index contributed by atoms with van der Waals surface area (Å²) in [5.41, 5.74) is -12.5. The molecule has 16 heavy (non-hydrogen) atoms. The van der Waals surface area contributed by atoms with Crippen molar-refractivity contribution in [2.24, 2.45) is 0 Å². The Labute approximate surface area is 91.0 Å². The number of hydrogen-bond acceptors (Lipinski definition) is 5. The van der Waals surface area contributed by atoms with Gasteiger partial charge in [-0.25, -0.2) is 0 Å². The van der Waals surface area contributed by atoms with E-state index in [0.717, 1.165) is 0 Å². The van der Waals surface area contributed by atoms with E-state index in [9.17, 15) is 43.2 Å². The predicted octanol–water partition coefficient (Wildman–Crippen LogP) is -2.29. The summed E-state index contributed by atoms with van der Waals surface area (Å²) in [5, 5.41) is 0. The van der Waals surface area contributed by atoms with Crippen LogP contribution in [0.3, 0.4) is 0 Å². The normalized spacial score (nSPS) is 14.4. The summed E-state index contributed by atoms with van der Waals surface area (Å²) in [6, 6.07) is 0. The highest BCUT2D eigenvalue weighted by molar-refractivity contribution is 8.00. The van der Waals surface area contributed by atoms with Gasteiger partial charge in [0.15, 0.2) is 0 Å². The van der Waals surface area contributed by atoms with E-state index in [-0.39, 0.29) is 12.4 Å². The molecule has 0 saturated heterocycles. The first-order valence-corrected chi connectivity index (χ1v) is 5.36. The van der Waals surface area contributed by atoms with E-state index in [1.807, 2.05) is 3.63 Å². The molecule has 0 spiro atoms. The van der Waals surface area contributed by atoms with E-state index >= 15 is 0 Å². The quantitative estimate of drug-likeness (QED) is 0.423. The summed E-state index contributed by atoms with van der Waals surface area (Å²) in [5.74, 6) is 0. The molecule has 5 nitrogen and oxygen atoms in total. The van der Waals surface area contributed by atoms with Crippen molar-refractivity contribution in [2.45, 2.75) is 11.0 Å². The molecule has 0 atom stereocenters. The largest absolute Gasteiger partial charge is 1.00 e. The summed E-state index contributed by atoms with van der Waals surface area (Å²) in [6.07, 6.45) is 0. The lowest BCUT2D eigenvalue weighted by atomic mass is 11.6. The van der Waals surface area contributed by atoms with Crippen LogP contribution in [0.4, 0.5) is 26.3 Å². The van der Waals surface area contributed by atoms with E-state index in [0.29, 0.717) is 0 Å². The molecule has 0 N–H and O–H groups in total. The van der Waals surface area contributed by atoms with E-state index < -0.39 is 31.3 Å². The topological polar surface area (TPSA) is 77.5 Å². The van der Waals surface area contributed by atoms with Gasteiger partial charge < -0.3 is 12.4 Å². The van der Waals surface area contributed by atoms with Crippen molar-refractivity contribution in [3.63, 3.8) is 0 Å². The summed E-state index contributed by atoms with van der Waals surface area (Å²) >= 11 is 0. The molecule has 14 heteroatoms. The molecule has 0 aliphatic rings. The van der Waals surface area contributed by atoms with Crippen LogP contribution in [0.5, 0.6) is 0 Å². The van der Waals surface area contributed by atoms with Crippen molar-refractivity contribution in [3.05, 3.63) is 0 Å². The standard InChI is InChI=1S/C2F6O5S2.ClH/c3-1(4,5)14(9,10)13-15(11,12)2(6,7)8;/h;1H/p-1. The summed E-state index contributed by atoms with van der Waals surface area (Å²) < 4.78 is 110. The number of alkyl halides is 6. The van der Waals surface area contributed by atoms with Crippen molar-refractivity contribution in [1.29, 1.82) is 0 Å². The van der Waals surface area contributed by atoms with Gasteiger partial charge in [0.25, 0.3) is 0 Å². The van der Waals surface area contributed by atoms with Crippen LogP contribution in [-0.2, 0) is 23.9 Å². The molecule has 0 saturated carbocycles. The van der Waals surface area contributed by atoms with Gasteiger partial charge in [-0.3, -0.25) is 0 Å². The minimum absolute atomic E-state index is 0. The first-order chi connectivity index (χ1) is 6.21. The Morgan fingerprint density at radius 3 is 1.00 bits per heavy atom. The van der Waals surface area contributed by atoms with Gasteiger partial charge in [0.05, 0.1) is 0 Å². The Bertz CT molecular complexity index is 387. The highest BCUT2D eigenvalue weighted by atomic mass is 35.5. The third-order valence-electron chi connectivity index (χ3n) is 0.746. The molecule has 0 unspecified atom stereocenters. The van der Waals surface area contributed by atoms with Gasteiger partial charge in [0.2, 0.25) is 0 Å². The Kier molecular flexibility index (Phi) is 5.14. The van der Waals surface area contributed by atoms with E-state index in [1.54, 1.807) is 0 Å². The van der Waals surface area contributed by atoms with Crippen molar-refractivity contribution >= 4 is 20.2 Å². The van der Waals surface area contributed by atoms with Crippen LogP contribution >= 0.6 is 0 Å². The molecule has 0 rings (SSSR count). The van der Waals surface area contributed by atoms with Gasteiger partial charge in [0, 0.05) is 0 Å². The average molecular weight is 318 g/mol. The molecule has 0 aromatic heterocycles. The average Bonchev–Trinajstić information content (AvgIpc) is 1.77. The zero-order valence-electron chi connectivity index (χ0n) is 6.50. The third kappa shape index (κ3) is 3.95. The van der Waals surface area contributed by atoms with Crippen LogP contribution in [0, 0.1) is 0 Å². The van der Waals surface area contributed by atoms with Crippen molar-refractivity contribution in [2.75, 3.05) is 0 Å². The predicted molar refractivity (Wildman–Crippen MR) is 31.0 cm³/mol. The molecule has 0 heterocycles. The summed E-state index contributed by atoms with van der Waals surface area (Å²) in [4.78, 5) is 0. The number of hydrogen-bond donors (Lipinski definition) is 0. The molecule has 0 radical (unpaired) electrons. The lowest BCUT2D eigenvalue weighted by Gasteiger charge is -2.09. The minimum atomic E-state index is -6.85.